The summed E-state index contributed by atoms with van der Waals surface area (Å²) in [5, 5.41) is 10.7. The van der Waals surface area contributed by atoms with Gasteiger partial charge in [-0.2, -0.15) is 0 Å². The van der Waals surface area contributed by atoms with Gasteiger partial charge in [-0.15, -0.1) is 0 Å². The van der Waals surface area contributed by atoms with Gasteiger partial charge in [0.25, 0.3) is 0 Å². The summed E-state index contributed by atoms with van der Waals surface area (Å²) in [5.41, 5.74) is 5.18. The molecule has 0 aliphatic heterocycles. The molecule has 0 aliphatic rings. The molecule has 3 aromatic carbocycles. The van der Waals surface area contributed by atoms with Crippen LogP contribution in [0.5, 0.6) is 11.5 Å². The third kappa shape index (κ3) is 5.06. The van der Waals surface area contributed by atoms with Crippen LogP contribution in [0.4, 0.5) is 0 Å². The molecule has 0 aliphatic carbocycles. The van der Waals surface area contributed by atoms with Crippen molar-refractivity contribution in [3.8, 4) is 11.5 Å². The van der Waals surface area contributed by atoms with Gasteiger partial charge in [0.1, 0.15) is 36.6 Å². The standard InChI is InChI=1S/C26H28N2O3/c1-18-7-6-8-22(13-18)30-17-26-27-23-9-4-5-10-24(23)28(26)15-21(29)16-31-25-14-19(2)11-12-20(25)3/h4-14,21,29H,15-17H2,1-3H3. The Hall–Kier alpha value is -3.31. The summed E-state index contributed by atoms with van der Waals surface area (Å²) in [6.45, 7) is 6.97. The minimum absolute atomic E-state index is 0.203. The summed E-state index contributed by atoms with van der Waals surface area (Å²) in [7, 11) is 0. The molecule has 5 nitrogen and oxygen atoms in total. The minimum atomic E-state index is -0.685. The third-order valence-electron chi connectivity index (χ3n) is 5.26. The van der Waals surface area contributed by atoms with Crippen molar-refractivity contribution in [3.05, 3.63) is 89.2 Å². The van der Waals surface area contributed by atoms with Crippen molar-refractivity contribution < 1.29 is 14.6 Å². The number of ether oxygens (including phenoxy) is 2. The van der Waals surface area contributed by atoms with Crippen molar-refractivity contribution in [2.45, 2.75) is 40.0 Å². The predicted molar refractivity (Wildman–Crippen MR) is 123 cm³/mol. The Balaban J connectivity index is 1.50. The first-order chi connectivity index (χ1) is 15.0. The fourth-order valence-corrected chi connectivity index (χ4v) is 3.60. The first-order valence-electron chi connectivity index (χ1n) is 10.5. The second kappa shape index (κ2) is 9.23. The maximum absolute atomic E-state index is 10.7. The molecule has 0 saturated carbocycles. The number of para-hydroxylation sites is 2. The molecule has 1 N–H and O–H groups in total. The third-order valence-corrected chi connectivity index (χ3v) is 5.26. The van der Waals surface area contributed by atoms with E-state index in [4.69, 9.17) is 14.5 Å². The lowest BCUT2D eigenvalue weighted by Crippen LogP contribution is -2.25. The molecule has 5 heteroatoms. The molecule has 1 unspecified atom stereocenters. The van der Waals surface area contributed by atoms with Gasteiger partial charge in [0, 0.05) is 0 Å². The zero-order valence-electron chi connectivity index (χ0n) is 18.2. The van der Waals surface area contributed by atoms with Crippen molar-refractivity contribution in [2.24, 2.45) is 0 Å². The molecule has 0 amide bonds. The van der Waals surface area contributed by atoms with Crippen molar-refractivity contribution in [2.75, 3.05) is 6.61 Å². The summed E-state index contributed by atoms with van der Waals surface area (Å²) in [4.78, 5) is 4.73. The number of aliphatic hydroxyl groups is 1. The first kappa shape index (κ1) is 20.9. The van der Waals surface area contributed by atoms with E-state index in [-0.39, 0.29) is 6.61 Å². The molecular weight excluding hydrogens is 388 g/mol. The summed E-state index contributed by atoms with van der Waals surface area (Å²) in [5.74, 6) is 2.38. The van der Waals surface area contributed by atoms with Crippen molar-refractivity contribution in [1.29, 1.82) is 0 Å². The van der Waals surface area contributed by atoms with E-state index < -0.39 is 6.10 Å². The highest BCUT2D eigenvalue weighted by molar-refractivity contribution is 5.75. The van der Waals surface area contributed by atoms with Crippen LogP contribution in [0.15, 0.2) is 66.7 Å². The molecule has 4 aromatic rings. The van der Waals surface area contributed by atoms with Gasteiger partial charge in [-0.1, -0.05) is 36.4 Å². The van der Waals surface area contributed by atoms with Crippen LogP contribution in [0.3, 0.4) is 0 Å². The van der Waals surface area contributed by atoms with Gasteiger partial charge in [0.2, 0.25) is 0 Å². The molecule has 0 saturated heterocycles. The monoisotopic (exact) mass is 416 g/mol. The van der Waals surface area contributed by atoms with Gasteiger partial charge in [0.05, 0.1) is 17.6 Å². The van der Waals surface area contributed by atoms with E-state index in [1.54, 1.807) is 0 Å². The number of nitrogens with zero attached hydrogens (tertiary/aromatic N) is 2. The Morgan fingerprint density at radius 1 is 0.903 bits per heavy atom. The van der Waals surface area contributed by atoms with E-state index in [0.717, 1.165) is 45.0 Å². The summed E-state index contributed by atoms with van der Waals surface area (Å²) in [6.07, 6.45) is -0.685. The SMILES string of the molecule is Cc1cccc(OCc2nc3ccccc3n2CC(O)COc2cc(C)ccc2C)c1. The molecule has 1 aromatic heterocycles. The predicted octanol–water partition coefficient (Wildman–Crippen LogP) is 4.98. The van der Waals surface area contributed by atoms with Crippen LogP contribution in [-0.2, 0) is 13.2 Å². The lowest BCUT2D eigenvalue weighted by molar-refractivity contribution is 0.0914. The fourth-order valence-electron chi connectivity index (χ4n) is 3.60. The number of benzene rings is 3. The van der Waals surface area contributed by atoms with Gasteiger partial charge in [-0.05, 0) is 67.8 Å². The topological polar surface area (TPSA) is 56.5 Å². The highest BCUT2D eigenvalue weighted by atomic mass is 16.5. The molecule has 1 heterocycles. The fraction of sp³-hybridized carbons (Fsp3) is 0.269. The largest absolute Gasteiger partial charge is 0.491 e. The number of aryl methyl sites for hydroxylation is 3. The number of imidazole rings is 1. The van der Waals surface area contributed by atoms with Crippen LogP contribution in [0.25, 0.3) is 11.0 Å². The quantitative estimate of drug-likeness (QED) is 0.440. The molecule has 31 heavy (non-hydrogen) atoms. The maximum atomic E-state index is 10.7. The Kier molecular flexibility index (Phi) is 6.23. The molecule has 1 atom stereocenters. The van der Waals surface area contributed by atoms with Gasteiger partial charge in [-0.25, -0.2) is 4.98 Å². The minimum Gasteiger partial charge on any atom is -0.491 e. The Bertz CT molecular complexity index is 1180. The van der Waals surface area contributed by atoms with E-state index in [2.05, 4.69) is 6.07 Å². The summed E-state index contributed by atoms with van der Waals surface area (Å²) < 4.78 is 13.9. The van der Waals surface area contributed by atoms with Crippen LogP contribution >= 0.6 is 0 Å². The first-order valence-corrected chi connectivity index (χ1v) is 10.5. The van der Waals surface area contributed by atoms with Gasteiger partial charge < -0.3 is 19.1 Å². The van der Waals surface area contributed by atoms with E-state index in [1.165, 1.54) is 0 Å². The average molecular weight is 417 g/mol. The normalized spacial score (nSPS) is 12.1. The van der Waals surface area contributed by atoms with Gasteiger partial charge in [0.15, 0.2) is 0 Å². The Labute approximate surface area is 182 Å². The maximum Gasteiger partial charge on any atom is 0.148 e. The highest BCUT2D eigenvalue weighted by Gasteiger charge is 2.16. The summed E-state index contributed by atoms with van der Waals surface area (Å²) in [6, 6.07) is 21.9. The van der Waals surface area contributed by atoms with Crippen LogP contribution in [-0.4, -0.2) is 27.4 Å². The average Bonchev–Trinajstić information content (AvgIpc) is 3.10. The number of hydrogen-bond donors (Lipinski definition) is 1. The Morgan fingerprint density at radius 3 is 2.55 bits per heavy atom. The van der Waals surface area contributed by atoms with Crippen molar-refractivity contribution >= 4 is 11.0 Å². The van der Waals surface area contributed by atoms with Crippen molar-refractivity contribution in [1.82, 2.24) is 9.55 Å². The van der Waals surface area contributed by atoms with E-state index in [9.17, 15) is 5.11 Å². The second-order valence-electron chi connectivity index (χ2n) is 7.97. The lowest BCUT2D eigenvalue weighted by Gasteiger charge is -2.17. The number of fused-ring (bicyclic) bond motifs is 1. The van der Waals surface area contributed by atoms with Crippen LogP contribution < -0.4 is 9.47 Å². The number of hydrogen-bond acceptors (Lipinski definition) is 4. The second-order valence-corrected chi connectivity index (χ2v) is 7.97. The highest BCUT2D eigenvalue weighted by Crippen LogP contribution is 2.21. The molecule has 0 bridgehead atoms. The number of aliphatic hydroxyl groups excluding tert-OH is 1. The van der Waals surface area contributed by atoms with Crippen LogP contribution in [0, 0.1) is 20.8 Å². The number of rotatable bonds is 8. The smallest absolute Gasteiger partial charge is 0.148 e. The zero-order valence-corrected chi connectivity index (χ0v) is 18.2. The Morgan fingerprint density at radius 2 is 1.71 bits per heavy atom. The molecule has 0 radical (unpaired) electrons. The molecule has 0 spiro atoms. The lowest BCUT2D eigenvalue weighted by atomic mass is 10.1. The van der Waals surface area contributed by atoms with Crippen molar-refractivity contribution in [3.63, 3.8) is 0 Å². The molecular formula is C26H28N2O3. The van der Waals surface area contributed by atoms with E-state index in [0.29, 0.717) is 13.2 Å². The molecule has 160 valence electrons. The van der Waals surface area contributed by atoms with Gasteiger partial charge in [-0.3, -0.25) is 0 Å². The van der Waals surface area contributed by atoms with Gasteiger partial charge >= 0.3 is 0 Å². The summed E-state index contributed by atoms with van der Waals surface area (Å²) >= 11 is 0. The van der Waals surface area contributed by atoms with E-state index >= 15 is 0 Å². The van der Waals surface area contributed by atoms with Crippen LogP contribution in [0.2, 0.25) is 0 Å². The van der Waals surface area contributed by atoms with E-state index in [1.807, 2.05) is 86.0 Å². The molecule has 0 fully saturated rings. The number of aromatic nitrogens is 2. The van der Waals surface area contributed by atoms with Crippen LogP contribution in [0.1, 0.15) is 22.5 Å². The zero-order chi connectivity index (χ0) is 21.8. The molecule has 4 rings (SSSR count).